The second-order valence-electron chi connectivity index (χ2n) is 7.07. The number of amides is 3. The first-order chi connectivity index (χ1) is 14.5. The Hall–Kier alpha value is -3.17. The third-order valence-electron chi connectivity index (χ3n) is 5.06. The van der Waals surface area contributed by atoms with E-state index in [1.807, 2.05) is 0 Å². The zero-order chi connectivity index (χ0) is 21.3. The monoisotopic (exact) mass is 430 g/mol. The maximum Gasteiger partial charge on any atom is 0.257 e. The molecule has 3 N–H and O–H groups in total. The van der Waals surface area contributed by atoms with Crippen LogP contribution in [0.3, 0.4) is 0 Å². The van der Waals surface area contributed by atoms with Crippen molar-refractivity contribution >= 4 is 29.3 Å². The highest BCUT2D eigenvalue weighted by Crippen LogP contribution is 2.26. The number of hydrogen-bond acceptors (Lipinski definition) is 6. The van der Waals surface area contributed by atoms with E-state index in [0.29, 0.717) is 10.8 Å². The van der Waals surface area contributed by atoms with Crippen LogP contribution in [0.1, 0.15) is 16.8 Å². The summed E-state index contributed by atoms with van der Waals surface area (Å²) in [6.07, 6.45) is 1.80. The number of nitrogens with one attached hydrogen (secondary N) is 2. The second-order valence-corrected chi connectivity index (χ2v) is 7.50. The number of benzene rings is 1. The Balaban J connectivity index is 1.47. The molecule has 2 aliphatic rings. The van der Waals surface area contributed by atoms with Crippen LogP contribution in [-0.4, -0.2) is 64.0 Å². The molecule has 2 aliphatic heterocycles. The van der Waals surface area contributed by atoms with Gasteiger partial charge in [0.05, 0.1) is 6.61 Å². The average molecular weight is 431 g/mol. The van der Waals surface area contributed by atoms with E-state index in [9.17, 15) is 19.5 Å². The number of aromatic nitrogens is 1. The fourth-order valence-corrected chi connectivity index (χ4v) is 3.73. The van der Waals surface area contributed by atoms with Gasteiger partial charge in [-0.15, -0.1) is 0 Å². The lowest BCUT2D eigenvalue weighted by atomic mass is 10.1. The summed E-state index contributed by atoms with van der Waals surface area (Å²) in [5, 5.41) is 15.2. The topological polar surface area (TPSA) is 121 Å². The number of rotatable bonds is 5. The van der Waals surface area contributed by atoms with Gasteiger partial charge in [0.2, 0.25) is 17.7 Å². The maximum absolute atomic E-state index is 12.9. The molecule has 30 heavy (non-hydrogen) atoms. The van der Waals surface area contributed by atoms with Crippen molar-refractivity contribution in [2.45, 2.75) is 24.5 Å². The Bertz CT molecular complexity index is 983. The SMILES string of the molecule is O=C(N[C@H]1C[C@H]2C(=O)N[C@@H](CO)C(=O)N2C1)c1cccnc1Oc1ccc(Cl)cc1. The van der Waals surface area contributed by atoms with Crippen molar-refractivity contribution in [3.05, 3.63) is 53.2 Å². The Morgan fingerprint density at radius 3 is 2.80 bits per heavy atom. The predicted octanol–water partition coefficient (Wildman–Crippen LogP) is 0.717. The smallest absolute Gasteiger partial charge is 0.257 e. The Morgan fingerprint density at radius 2 is 2.07 bits per heavy atom. The molecule has 4 rings (SSSR count). The molecule has 10 heteroatoms. The van der Waals surface area contributed by atoms with Gasteiger partial charge in [-0.3, -0.25) is 14.4 Å². The Kier molecular flexibility index (Phi) is 5.56. The predicted molar refractivity (Wildman–Crippen MR) is 106 cm³/mol. The van der Waals surface area contributed by atoms with Crippen LogP contribution in [0.4, 0.5) is 0 Å². The van der Waals surface area contributed by atoms with Gasteiger partial charge in [-0.1, -0.05) is 11.6 Å². The molecule has 3 heterocycles. The van der Waals surface area contributed by atoms with Gasteiger partial charge in [0, 0.05) is 23.8 Å². The van der Waals surface area contributed by atoms with Gasteiger partial charge < -0.3 is 25.4 Å². The molecule has 0 unspecified atom stereocenters. The number of fused-ring (bicyclic) bond motifs is 1. The molecule has 0 aliphatic carbocycles. The minimum atomic E-state index is -0.944. The standard InChI is InChI=1S/C20H19ClN4O5/c21-11-3-5-13(6-4-11)30-19-14(2-1-7-22-19)17(27)23-12-8-16-18(28)24-15(10-26)20(29)25(16)9-12/h1-7,12,15-16,26H,8-10H2,(H,23,27)(H,24,28)/t12-,15-,16-/m0/s1. The molecule has 1 aromatic heterocycles. The fourth-order valence-electron chi connectivity index (χ4n) is 3.61. The van der Waals surface area contributed by atoms with Gasteiger partial charge in [0.1, 0.15) is 23.4 Å². The minimum absolute atomic E-state index is 0.127. The molecule has 0 radical (unpaired) electrons. The highest BCUT2D eigenvalue weighted by molar-refractivity contribution is 6.30. The number of aliphatic hydroxyl groups is 1. The van der Waals surface area contributed by atoms with Crippen molar-refractivity contribution < 1.29 is 24.2 Å². The van der Waals surface area contributed by atoms with Crippen LogP contribution < -0.4 is 15.4 Å². The summed E-state index contributed by atoms with van der Waals surface area (Å²) in [5.41, 5.74) is 0.223. The maximum atomic E-state index is 12.9. The molecule has 3 atom stereocenters. The van der Waals surface area contributed by atoms with E-state index >= 15 is 0 Å². The van der Waals surface area contributed by atoms with Crippen molar-refractivity contribution in [1.29, 1.82) is 0 Å². The molecule has 0 spiro atoms. The van der Waals surface area contributed by atoms with Crippen LogP contribution in [0.25, 0.3) is 0 Å². The second kappa shape index (κ2) is 8.29. The zero-order valence-electron chi connectivity index (χ0n) is 15.7. The summed E-state index contributed by atoms with van der Waals surface area (Å²) in [4.78, 5) is 43.0. The zero-order valence-corrected chi connectivity index (χ0v) is 16.5. The van der Waals surface area contributed by atoms with Crippen LogP contribution in [0.15, 0.2) is 42.6 Å². The van der Waals surface area contributed by atoms with Gasteiger partial charge in [0.15, 0.2) is 0 Å². The first-order valence-corrected chi connectivity index (χ1v) is 9.75. The minimum Gasteiger partial charge on any atom is -0.438 e. The molecule has 1 aromatic carbocycles. The van der Waals surface area contributed by atoms with E-state index in [0.717, 1.165) is 0 Å². The summed E-state index contributed by atoms with van der Waals surface area (Å²) in [6.45, 7) is -0.279. The molecular formula is C20H19ClN4O5. The van der Waals surface area contributed by atoms with E-state index in [-0.39, 0.29) is 36.2 Å². The summed E-state index contributed by atoms with van der Waals surface area (Å²) in [5.74, 6) is -0.515. The number of hydrogen-bond donors (Lipinski definition) is 3. The normalized spacial score (nSPS) is 23.0. The van der Waals surface area contributed by atoms with E-state index in [4.69, 9.17) is 16.3 Å². The van der Waals surface area contributed by atoms with Crippen molar-refractivity contribution in [3.63, 3.8) is 0 Å². The first-order valence-electron chi connectivity index (χ1n) is 9.37. The summed E-state index contributed by atoms with van der Waals surface area (Å²) in [7, 11) is 0. The molecule has 2 saturated heterocycles. The van der Waals surface area contributed by atoms with Gasteiger partial charge in [0.25, 0.3) is 5.91 Å². The first kappa shape index (κ1) is 20.1. The number of carbonyl (C=O) groups is 3. The van der Waals surface area contributed by atoms with Crippen molar-refractivity contribution in [2.24, 2.45) is 0 Å². The third-order valence-corrected chi connectivity index (χ3v) is 5.32. The molecule has 9 nitrogen and oxygen atoms in total. The lowest BCUT2D eigenvalue weighted by molar-refractivity contribution is -0.148. The lowest BCUT2D eigenvalue weighted by Crippen LogP contribution is -2.62. The molecule has 2 fully saturated rings. The molecule has 156 valence electrons. The van der Waals surface area contributed by atoms with Gasteiger partial charge >= 0.3 is 0 Å². The largest absolute Gasteiger partial charge is 0.438 e. The number of aliphatic hydroxyl groups excluding tert-OH is 1. The molecule has 3 amide bonds. The highest BCUT2D eigenvalue weighted by atomic mass is 35.5. The van der Waals surface area contributed by atoms with Gasteiger partial charge in [-0.05, 0) is 42.8 Å². The summed E-state index contributed by atoms with van der Waals surface area (Å²) < 4.78 is 5.72. The molecule has 0 saturated carbocycles. The molecular weight excluding hydrogens is 412 g/mol. The number of ether oxygens (including phenoxy) is 1. The Morgan fingerprint density at radius 1 is 1.30 bits per heavy atom. The van der Waals surface area contributed by atoms with E-state index in [2.05, 4.69) is 15.6 Å². The van der Waals surface area contributed by atoms with E-state index < -0.39 is 30.6 Å². The third kappa shape index (κ3) is 3.94. The average Bonchev–Trinajstić information content (AvgIpc) is 3.17. The Labute approximate surface area is 177 Å². The quantitative estimate of drug-likeness (QED) is 0.642. The lowest BCUT2D eigenvalue weighted by Gasteiger charge is -2.33. The molecule has 2 aromatic rings. The van der Waals surface area contributed by atoms with Crippen molar-refractivity contribution in [3.8, 4) is 11.6 Å². The van der Waals surface area contributed by atoms with Crippen LogP contribution in [0.5, 0.6) is 11.6 Å². The number of carbonyl (C=O) groups excluding carboxylic acids is 3. The molecule has 0 bridgehead atoms. The number of pyridine rings is 1. The van der Waals surface area contributed by atoms with Crippen LogP contribution in [-0.2, 0) is 9.59 Å². The van der Waals surface area contributed by atoms with Gasteiger partial charge in [-0.2, -0.15) is 0 Å². The van der Waals surface area contributed by atoms with Crippen LogP contribution in [0, 0.1) is 0 Å². The number of piperazine rings is 1. The van der Waals surface area contributed by atoms with Crippen molar-refractivity contribution in [2.75, 3.05) is 13.2 Å². The van der Waals surface area contributed by atoms with Crippen LogP contribution in [0.2, 0.25) is 5.02 Å². The van der Waals surface area contributed by atoms with E-state index in [1.165, 1.54) is 11.1 Å². The number of nitrogens with zero attached hydrogens (tertiary/aromatic N) is 2. The summed E-state index contributed by atoms with van der Waals surface area (Å²) in [6, 6.07) is 7.82. The fraction of sp³-hybridized carbons (Fsp3) is 0.300. The van der Waals surface area contributed by atoms with Gasteiger partial charge in [-0.25, -0.2) is 4.98 Å². The summed E-state index contributed by atoms with van der Waals surface area (Å²) >= 11 is 5.88. The highest BCUT2D eigenvalue weighted by Gasteiger charge is 2.46. The van der Waals surface area contributed by atoms with E-state index in [1.54, 1.807) is 36.4 Å². The van der Waals surface area contributed by atoms with Crippen molar-refractivity contribution in [1.82, 2.24) is 20.5 Å². The van der Waals surface area contributed by atoms with Crippen LogP contribution >= 0.6 is 11.6 Å². The number of halogens is 1.